The van der Waals surface area contributed by atoms with Crippen molar-refractivity contribution in [2.45, 2.75) is 20.3 Å². The molecule has 11 heavy (non-hydrogen) atoms. The predicted octanol–water partition coefficient (Wildman–Crippen LogP) is 2.98. The van der Waals surface area contributed by atoms with Gasteiger partial charge in [0.05, 0.1) is 11.6 Å². The third-order valence-corrected chi connectivity index (χ3v) is 1.11. The van der Waals surface area contributed by atoms with Crippen LogP contribution >= 0.6 is 0 Å². The zero-order valence-corrected chi connectivity index (χ0v) is 7.04. The largest absolute Gasteiger partial charge is 0.192 e. The van der Waals surface area contributed by atoms with Crippen LogP contribution in [0.5, 0.6) is 0 Å². The van der Waals surface area contributed by atoms with Crippen LogP contribution < -0.4 is 0 Å². The Bertz CT molecular complexity index is 214. The van der Waals surface area contributed by atoms with E-state index in [1.165, 1.54) is 0 Å². The van der Waals surface area contributed by atoms with Crippen LogP contribution in [-0.2, 0) is 0 Å². The SMILES string of the molecule is CC.N#CC1=CC=CCC=C1. The van der Waals surface area contributed by atoms with Crippen molar-refractivity contribution in [3.8, 4) is 6.07 Å². The van der Waals surface area contributed by atoms with E-state index in [2.05, 4.69) is 6.07 Å². The molecule has 0 saturated carbocycles. The quantitative estimate of drug-likeness (QED) is 0.516. The van der Waals surface area contributed by atoms with Gasteiger partial charge in [-0.05, 0) is 18.6 Å². The fourth-order valence-electron chi connectivity index (χ4n) is 0.654. The highest BCUT2D eigenvalue weighted by atomic mass is 14.2. The fraction of sp³-hybridized carbons (Fsp3) is 0.300. The Balaban J connectivity index is 0.000000461. The zero-order valence-electron chi connectivity index (χ0n) is 7.04. The van der Waals surface area contributed by atoms with Crippen LogP contribution in [0.25, 0.3) is 0 Å². The predicted molar refractivity (Wildman–Crippen MR) is 47.9 cm³/mol. The number of nitriles is 1. The molecular weight excluding hydrogens is 134 g/mol. The summed E-state index contributed by atoms with van der Waals surface area (Å²) in [5.74, 6) is 0. The van der Waals surface area contributed by atoms with E-state index in [1.807, 2.05) is 44.2 Å². The van der Waals surface area contributed by atoms with Crippen LogP contribution in [0.3, 0.4) is 0 Å². The molecule has 0 aliphatic heterocycles. The molecule has 0 radical (unpaired) electrons. The van der Waals surface area contributed by atoms with Crippen molar-refractivity contribution in [1.29, 1.82) is 5.26 Å². The van der Waals surface area contributed by atoms with E-state index in [9.17, 15) is 0 Å². The molecule has 1 aliphatic rings. The molecule has 0 spiro atoms. The minimum absolute atomic E-state index is 0.726. The van der Waals surface area contributed by atoms with Gasteiger partial charge in [0.25, 0.3) is 0 Å². The minimum atomic E-state index is 0.726. The van der Waals surface area contributed by atoms with E-state index in [-0.39, 0.29) is 0 Å². The van der Waals surface area contributed by atoms with Crippen molar-refractivity contribution in [3.05, 3.63) is 36.0 Å². The van der Waals surface area contributed by atoms with Gasteiger partial charge in [-0.3, -0.25) is 0 Å². The summed E-state index contributed by atoms with van der Waals surface area (Å²) in [6.07, 6.45) is 10.5. The molecule has 0 amide bonds. The lowest BCUT2D eigenvalue weighted by atomic mass is 10.3. The molecule has 1 heteroatoms. The Morgan fingerprint density at radius 3 is 2.73 bits per heavy atom. The molecule has 0 heterocycles. The highest BCUT2D eigenvalue weighted by molar-refractivity contribution is 5.37. The molecule has 0 fully saturated rings. The summed E-state index contributed by atoms with van der Waals surface area (Å²) in [6.45, 7) is 4.00. The van der Waals surface area contributed by atoms with Crippen LogP contribution in [0.2, 0.25) is 0 Å². The molecule has 0 bridgehead atoms. The van der Waals surface area contributed by atoms with Crippen molar-refractivity contribution in [2.75, 3.05) is 0 Å². The second-order valence-electron chi connectivity index (χ2n) is 1.80. The van der Waals surface area contributed by atoms with Crippen molar-refractivity contribution in [2.24, 2.45) is 0 Å². The lowest BCUT2D eigenvalue weighted by Gasteiger charge is -1.77. The lowest BCUT2D eigenvalue weighted by molar-refractivity contribution is 1.40. The number of hydrogen-bond acceptors (Lipinski definition) is 1. The summed E-state index contributed by atoms with van der Waals surface area (Å²) in [5.41, 5.74) is 0.726. The molecule has 0 unspecified atom stereocenters. The number of rotatable bonds is 0. The first kappa shape index (κ1) is 9.71. The maximum Gasteiger partial charge on any atom is 0.0991 e. The Morgan fingerprint density at radius 2 is 2.09 bits per heavy atom. The normalized spacial score (nSPS) is 13.7. The van der Waals surface area contributed by atoms with E-state index in [0.29, 0.717) is 0 Å². The Morgan fingerprint density at radius 1 is 1.36 bits per heavy atom. The van der Waals surface area contributed by atoms with E-state index in [0.717, 1.165) is 12.0 Å². The summed E-state index contributed by atoms with van der Waals surface area (Å²) in [6, 6.07) is 2.07. The van der Waals surface area contributed by atoms with Gasteiger partial charge in [-0.25, -0.2) is 0 Å². The van der Waals surface area contributed by atoms with Gasteiger partial charge in [0, 0.05) is 0 Å². The average molecular weight is 147 g/mol. The number of nitrogens with zero attached hydrogens (tertiary/aromatic N) is 1. The molecule has 0 aromatic carbocycles. The fourth-order valence-corrected chi connectivity index (χ4v) is 0.654. The minimum Gasteiger partial charge on any atom is -0.192 e. The van der Waals surface area contributed by atoms with Crippen LogP contribution in [0.4, 0.5) is 0 Å². The maximum absolute atomic E-state index is 8.41. The molecule has 58 valence electrons. The molecule has 0 saturated heterocycles. The van der Waals surface area contributed by atoms with Gasteiger partial charge in [-0.2, -0.15) is 5.26 Å². The zero-order chi connectivity index (χ0) is 8.53. The van der Waals surface area contributed by atoms with Gasteiger partial charge in [-0.15, -0.1) is 0 Å². The third kappa shape index (κ3) is 4.16. The van der Waals surface area contributed by atoms with Crippen LogP contribution in [0, 0.1) is 11.3 Å². The first-order valence-electron chi connectivity index (χ1n) is 3.87. The monoisotopic (exact) mass is 147 g/mol. The Labute approximate surface area is 68.3 Å². The summed E-state index contributed by atoms with van der Waals surface area (Å²) in [5, 5.41) is 8.41. The summed E-state index contributed by atoms with van der Waals surface area (Å²) >= 11 is 0. The second-order valence-corrected chi connectivity index (χ2v) is 1.80. The molecule has 1 rings (SSSR count). The van der Waals surface area contributed by atoms with Crippen LogP contribution in [-0.4, -0.2) is 0 Å². The van der Waals surface area contributed by atoms with Crippen molar-refractivity contribution < 1.29 is 0 Å². The Kier molecular flexibility index (Phi) is 6.02. The highest BCUT2D eigenvalue weighted by Gasteiger charge is 1.86. The van der Waals surface area contributed by atoms with Gasteiger partial charge < -0.3 is 0 Å². The van der Waals surface area contributed by atoms with Gasteiger partial charge in [0.1, 0.15) is 0 Å². The van der Waals surface area contributed by atoms with E-state index >= 15 is 0 Å². The smallest absolute Gasteiger partial charge is 0.0991 e. The van der Waals surface area contributed by atoms with Gasteiger partial charge in [0.2, 0.25) is 0 Å². The average Bonchev–Trinajstić information content (AvgIpc) is 2.35. The van der Waals surface area contributed by atoms with Crippen molar-refractivity contribution >= 4 is 0 Å². The first-order chi connectivity index (χ1) is 5.43. The van der Waals surface area contributed by atoms with Crippen molar-refractivity contribution in [3.63, 3.8) is 0 Å². The molecule has 0 aromatic rings. The summed E-state index contributed by atoms with van der Waals surface area (Å²) in [4.78, 5) is 0. The molecule has 0 aromatic heterocycles. The van der Waals surface area contributed by atoms with E-state index in [1.54, 1.807) is 0 Å². The number of hydrogen-bond donors (Lipinski definition) is 0. The van der Waals surface area contributed by atoms with Gasteiger partial charge >= 0.3 is 0 Å². The molecule has 1 nitrogen and oxygen atoms in total. The van der Waals surface area contributed by atoms with E-state index in [4.69, 9.17) is 5.26 Å². The molecular formula is C10H13N. The Hall–Kier alpha value is -1.29. The third-order valence-electron chi connectivity index (χ3n) is 1.11. The topological polar surface area (TPSA) is 23.8 Å². The summed E-state index contributed by atoms with van der Waals surface area (Å²) < 4.78 is 0. The summed E-state index contributed by atoms with van der Waals surface area (Å²) in [7, 11) is 0. The first-order valence-corrected chi connectivity index (χ1v) is 3.87. The van der Waals surface area contributed by atoms with Crippen molar-refractivity contribution in [1.82, 2.24) is 0 Å². The standard InChI is InChI=1S/C8H7N.C2H6/c9-7-8-5-3-1-2-4-6-8;1-2/h1,3-6H,2H2;1-2H3. The number of allylic oxidation sites excluding steroid dienone is 6. The van der Waals surface area contributed by atoms with E-state index < -0.39 is 0 Å². The molecule has 0 N–H and O–H groups in total. The molecule has 0 atom stereocenters. The maximum atomic E-state index is 8.41. The second kappa shape index (κ2) is 6.82. The lowest BCUT2D eigenvalue weighted by Crippen LogP contribution is -1.65. The van der Waals surface area contributed by atoms with Crippen LogP contribution in [0.1, 0.15) is 20.3 Å². The van der Waals surface area contributed by atoms with Gasteiger partial charge in [-0.1, -0.05) is 32.1 Å². The van der Waals surface area contributed by atoms with Crippen LogP contribution in [0.15, 0.2) is 36.0 Å². The highest BCUT2D eigenvalue weighted by Crippen LogP contribution is 2.01. The van der Waals surface area contributed by atoms with Gasteiger partial charge in [0.15, 0.2) is 0 Å². The molecule has 1 aliphatic carbocycles.